The second kappa shape index (κ2) is 3.62. The second-order valence-corrected chi connectivity index (χ2v) is 3.32. The Morgan fingerprint density at radius 2 is 2.08 bits per heavy atom. The monoisotopic (exact) mass is 193 g/mol. The van der Waals surface area contributed by atoms with E-state index < -0.39 is 0 Å². The van der Waals surface area contributed by atoms with Crippen LogP contribution in [0.15, 0.2) is 46.1 Å². The number of benzene rings is 1. The van der Waals surface area contributed by atoms with E-state index in [0.717, 1.165) is 10.8 Å². The van der Waals surface area contributed by atoms with Crippen molar-refractivity contribution in [3.8, 4) is 5.69 Å². The summed E-state index contributed by atoms with van der Waals surface area (Å²) in [5.41, 5.74) is 1.01. The molecule has 0 spiro atoms. The summed E-state index contributed by atoms with van der Waals surface area (Å²) in [4.78, 5) is 0. The molecule has 0 radical (unpaired) electrons. The third-order valence-corrected chi connectivity index (χ3v) is 2.25. The minimum absolute atomic E-state index is 0.809. The molecule has 0 bridgehead atoms. The Hall–Kier alpha value is -1.29. The van der Waals surface area contributed by atoms with Crippen molar-refractivity contribution in [2.24, 2.45) is 0 Å². The lowest BCUT2D eigenvalue weighted by atomic mass is 10.3. The summed E-state index contributed by atoms with van der Waals surface area (Å²) in [7, 11) is 0. The van der Waals surface area contributed by atoms with Crippen molar-refractivity contribution >= 4 is 11.8 Å². The number of thioether (sulfide) groups is 1. The zero-order valence-electron chi connectivity index (χ0n) is 7.18. The summed E-state index contributed by atoms with van der Waals surface area (Å²) in [6.45, 7) is 0. The maximum atomic E-state index is 5.04. The first kappa shape index (κ1) is 8.31. The highest BCUT2D eigenvalue weighted by Crippen LogP contribution is 2.10. The van der Waals surface area contributed by atoms with Crippen LogP contribution >= 0.6 is 11.8 Å². The van der Waals surface area contributed by atoms with Gasteiger partial charge in [0, 0.05) is 12.1 Å². The normalized spacial score (nSPS) is 10.2. The second-order valence-electron chi connectivity index (χ2n) is 2.51. The van der Waals surface area contributed by atoms with Crippen LogP contribution < -0.4 is 4.68 Å². The van der Waals surface area contributed by atoms with E-state index >= 15 is 0 Å². The van der Waals surface area contributed by atoms with Crippen molar-refractivity contribution in [1.82, 2.24) is 5.27 Å². The van der Waals surface area contributed by atoms with Gasteiger partial charge in [0.05, 0.1) is 0 Å². The van der Waals surface area contributed by atoms with Gasteiger partial charge in [-0.25, -0.2) is 0 Å². The van der Waals surface area contributed by atoms with Crippen molar-refractivity contribution in [3.05, 3.63) is 36.5 Å². The first-order chi connectivity index (χ1) is 6.40. The summed E-state index contributed by atoms with van der Waals surface area (Å²) in [6.07, 6.45) is 3.82. The zero-order chi connectivity index (χ0) is 9.10. The third-order valence-electron chi connectivity index (χ3n) is 1.67. The van der Waals surface area contributed by atoms with Gasteiger partial charge in [0.25, 0.3) is 11.3 Å². The quantitative estimate of drug-likeness (QED) is 0.537. The molecule has 0 aliphatic carbocycles. The van der Waals surface area contributed by atoms with Crippen molar-refractivity contribution in [3.63, 3.8) is 0 Å². The molecule has 2 aromatic rings. The van der Waals surface area contributed by atoms with Crippen molar-refractivity contribution in [2.75, 3.05) is 6.26 Å². The molecule has 0 saturated heterocycles. The summed E-state index contributed by atoms with van der Waals surface area (Å²) in [6, 6.07) is 9.87. The van der Waals surface area contributed by atoms with Crippen LogP contribution in [0.3, 0.4) is 0 Å². The first-order valence-electron chi connectivity index (χ1n) is 3.88. The van der Waals surface area contributed by atoms with E-state index in [1.807, 2.05) is 42.8 Å². The summed E-state index contributed by atoms with van der Waals surface area (Å²) >= 11 is 1.53. The molecule has 13 heavy (non-hydrogen) atoms. The Kier molecular flexibility index (Phi) is 2.31. The molecule has 0 fully saturated rings. The number of aromatic nitrogens is 2. The highest BCUT2D eigenvalue weighted by atomic mass is 32.2. The molecule has 0 amide bonds. The Morgan fingerprint density at radius 1 is 1.31 bits per heavy atom. The van der Waals surface area contributed by atoms with Crippen molar-refractivity contribution < 1.29 is 9.20 Å². The van der Waals surface area contributed by atoms with Gasteiger partial charge in [0.2, 0.25) is 11.0 Å². The molecule has 0 atom stereocenters. The van der Waals surface area contributed by atoms with Crippen molar-refractivity contribution in [1.29, 1.82) is 0 Å². The number of hydrogen-bond donors (Lipinski definition) is 0. The Balaban J connectivity index is 2.36. The Morgan fingerprint density at radius 3 is 2.69 bits per heavy atom. The molecule has 0 unspecified atom stereocenters. The van der Waals surface area contributed by atoms with Crippen LogP contribution in [0.1, 0.15) is 0 Å². The molecule has 0 aliphatic heterocycles. The van der Waals surface area contributed by atoms with Gasteiger partial charge in [-0.1, -0.05) is 30.0 Å². The standard InChI is InChI=1S/C9H9N2OS/c1-13-9-7-11(10-12-9)8-5-3-2-4-6-8/h2-7H,1H3/q+1. The molecule has 3 nitrogen and oxygen atoms in total. The van der Waals surface area contributed by atoms with Crippen LogP contribution in [0.5, 0.6) is 0 Å². The minimum atomic E-state index is 0.809. The molecule has 0 saturated carbocycles. The molecule has 2 rings (SSSR count). The molecule has 1 aromatic carbocycles. The summed E-state index contributed by atoms with van der Waals surface area (Å²) < 4.78 is 6.76. The van der Waals surface area contributed by atoms with E-state index in [1.54, 1.807) is 4.68 Å². The maximum Gasteiger partial charge on any atom is 0.263 e. The summed E-state index contributed by atoms with van der Waals surface area (Å²) in [5.74, 6) is 0. The fraction of sp³-hybridized carbons (Fsp3) is 0.111. The topological polar surface area (TPSA) is 29.9 Å². The van der Waals surface area contributed by atoms with Gasteiger partial charge in [-0.05, 0) is 10.9 Å². The van der Waals surface area contributed by atoms with E-state index in [2.05, 4.69) is 5.27 Å². The average molecular weight is 193 g/mol. The van der Waals surface area contributed by atoms with Gasteiger partial charge in [0.15, 0.2) is 0 Å². The van der Waals surface area contributed by atoms with Crippen LogP contribution in [0, 0.1) is 0 Å². The molecular weight excluding hydrogens is 184 g/mol. The van der Waals surface area contributed by atoms with E-state index in [9.17, 15) is 0 Å². The van der Waals surface area contributed by atoms with Gasteiger partial charge in [-0.3, -0.25) is 4.52 Å². The lowest BCUT2D eigenvalue weighted by Crippen LogP contribution is -2.30. The number of para-hydroxylation sites is 1. The maximum absolute atomic E-state index is 5.04. The predicted molar refractivity (Wildman–Crippen MR) is 49.8 cm³/mol. The molecular formula is C9H9N2OS+. The first-order valence-corrected chi connectivity index (χ1v) is 5.10. The van der Waals surface area contributed by atoms with E-state index in [1.165, 1.54) is 11.8 Å². The number of rotatable bonds is 2. The van der Waals surface area contributed by atoms with Gasteiger partial charge in [-0.2, -0.15) is 0 Å². The minimum Gasteiger partial charge on any atom is -0.293 e. The van der Waals surface area contributed by atoms with Gasteiger partial charge >= 0.3 is 0 Å². The van der Waals surface area contributed by atoms with E-state index in [0.29, 0.717) is 0 Å². The average Bonchev–Trinajstić information content (AvgIpc) is 2.67. The highest BCUT2D eigenvalue weighted by molar-refractivity contribution is 7.98. The number of nitrogens with zero attached hydrogens (tertiary/aromatic N) is 2. The van der Waals surface area contributed by atoms with E-state index in [4.69, 9.17) is 4.52 Å². The van der Waals surface area contributed by atoms with Crippen LogP contribution in [0.4, 0.5) is 0 Å². The Labute approximate surface area is 80.3 Å². The highest BCUT2D eigenvalue weighted by Gasteiger charge is 2.12. The molecule has 1 aromatic heterocycles. The van der Waals surface area contributed by atoms with Crippen LogP contribution in [0.25, 0.3) is 5.69 Å². The SMILES string of the molecule is CSc1c[n+](-c2ccccc2)no1. The predicted octanol–water partition coefficient (Wildman–Crippen LogP) is 1.67. The zero-order valence-corrected chi connectivity index (χ0v) is 7.99. The molecule has 66 valence electrons. The lowest BCUT2D eigenvalue weighted by molar-refractivity contribution is -0.670. The lowest BCUT2D eigenvalue weighted by Gasteiger charge is -1.83. The van der Waals surface area contributed by atoms with E-state index in [-0.39, 0.29) is 0 Å². The molecule has 1 heterocycles. The fourth-order valence-electron chi connectivity index (χ4n) is 1.02. The Bertz CT molecular complexity index is 386. The van der Waals surface area contributed by atoms with Gasteiger partial charge in [-0.15, -0.1) is 0 Å². The molecule has 0 N–H and O–H groups in total. The smallest absolute Gasteiger partial charge is 0.263 e. The number of hydrogen-bond acceptors (Lipinski definition) is 3. The van der Waals surface area contributed by atoms with Gasteiger partial charge < -0.3 is 0 Å². The van der Waals surface area contributed by atoms with Gasteiger partial charge in [0.1, 0.15) is 0 Å². The largest absolute Gasteiger partial charge is 0.293 e. The third kappa shape index (κ3) is 1.72. The molecule has 0 aliphatic rings. The molecule has 4 heteroatoms. The van der Waals surface area contributed by atoms with Crippen LogP contribution in [-0.4, -0.2) is 11.5 Å². The summed E-state index contributed by atoms with van der Waals surface area (Å²) in [5, 5.41) is 4.69. The fourth-order valence-corrected chi connectivity index (χ4v) is 1.34. The van der Waals surface area contributed by atoms with Crippen molar-refractivity contribution in [2.45, 2.75) is 5.09 Å². The van der Waals surface area contributed by atoms with Crippen LogP contribution in [0.2, 0.25) is 0 Å². The van der Waals surface area contributed by atoms with Crippen LogP contribution in [-0.2, 0) is 0 Å².